The van der Waals surface area contributed by atoms with E-state index in [1.807, 2.05) is 6.92 Å². The summed E-state index contributed by atoms with van der Waals surface area (Å²) >= 11 is 0. The van der Waals surface area contributed by atoms with E-state index < -0.39 is 10.0 Å². The zero-order valence-corrected chi connectivity index (χ0v) is 11.9. The monoisotopic (exact) mass is 285 g/mol. The van der Waals surface area contributed by atoms with Crippen LogP contribution in [0.1, 0.15) is 19.8 Å². The minimum atomic E-state index is -3.54. The second-order valence-electron chi connectivity index (χ2n) is 4.55. The second kappa shape index (κ2) is 5.85. The first kappa shape index (κ1) is 14.2. The molecule has 1 aromatic rings. The van der Waals surface area contributed by atoms with Crippen molar-refractivity contribution in [1.29, 1.82) is 0 Å². The molecule has 7 heteroatoms. The largest absolute Gasteiger partial charge is 0.384 e. The Bertz CT molecular complexity index is 527. The smallest absolute Gasteiger partial charge is 0.244 e. The molecule has 6 nitrogen and oxygen atoms in total. The number of hydrogen-bond acceptors (Lipinski definition) is 5. The van der Waals surface area contributed by atoms with Gasteiger partial charge >= 0.3 is 0 Å². The van der Waals surface area contributed by atoms with Crippen LogP contribution in [-0.4, -0.2) is 39.2 Å². The van der Waals surface area contributed by atoms with Crippen molar-refractivity contribution in [2.75, 3.05) is 19.0 Å². The number of nitrogens with zero attached hydrogens (tertiary/aromatic N) is 1. The molecule has 2 N–H and O–H groups in total. The fraction of sp³-hybridized carbons (Fsp3) is 0.583. The molecule has 0 bridgehead atoms. The Hall–Kier alpha value is -1.18. The molecule has 106 valence electrons. The first-order chi connectivity index (χ1) is 9.06. The Kier molecular flexibility index (Phi) is 4.38. The molecule has 0 amide bonds. The normalized spacial score (nSPS) is 22.8. The van der Waals surface area contributed by atoms with Crippen LogP contribution in [-0.2, 0) is 14.8 Å². The van der Waals surface area contributed by atoms with E-state index in [9.17, 15) is 8.42 Å². The fourth-order valence-corrected chi connectivity index (χ4v) is 3.46. The van der Waals surface area contributed by atoms with Crippen molar-refractivity contribution in [2.24, 2.45) is 0 Å². The van der Waals surface area contributed by atoms with Crippen molar-refractivity contribution < 1.29 is 13.2 Å². The summed E-state index contributed by atoms with van der Waals surface area (Å²) in [5.74, 6) is 0. The number of anilines is 1. The van der Waals surface area contributed by atoms with Gasteiger partial charge in [0.1, 0.15) is 4.90 Å². The fourth-order valence-electron chi connectivity index (χ4n) is 2.07. The van der Waals surface area contributed by atoms with Crippen LogP contribution in [0, 0.1) is 0 Å². The van der Waals surface area contributed by atoms with Crippen LogP contribution < -0.4 is 10.0 Å². The molecule has 0 aromatic carbocycles. The molecule has 1 aromatic heterocycles. The van der Waals surface area contributed by atoms with Gasteiger partial charge in [-0.25, -0.2) is 13.1 Å². The minimum absolute atomic E-state index is 0.0513. The number of ether oxygens (including phenoxy) is 1. The number of pyridine rings is 1. The minimum Gasteiger partial charge on any atom is -0.384 e. The molecule has 0 unspecified atom stereocenters. The van der Waals surface area contributed by atoms with E-state index in [1.54, 1.807) is 19.4 Å². The summed E-state index contributed by atoms with van der Waals surface area (Å²) in [5.41, 5.74) is 0.576. The molecule has 1 aliphatic rings. The van der Waals surface area contributed by atoms with E-state index in [1.165, 1.54) is 6.20 Å². The highest BCUT2D eigenvalue weighted by atomic mass is 32.2. The summed E-state index contributed by atoms with van der Waals surface area (Å²) in [6.45, 7) is 2.57. The highest BCUT2D eigenvalue weighted by Crippen LogP contribution is 2.26. The SMILES string of the molecule is CCNc1ccncc1S(=O)(=O)NC1CC(OC)C1. The molecule has 1 saturated carbocycles. The van der Waals surface area contributed by atoms with Crippen LogP contribution in [0.15, 0.2) is 23.4 Å². The molecule has 0 aliphatic heterocycles. The average Bonchev–Trinajstić information content (AvgIpc) is 2.34. The summed E-state index contributed by atoms with van der Waals surface area (Å²) in [5, 5.41) is 3.03. The topological polar surface area (TPSA) is 80.3 Å². The molecular weight excluding hydrogens is 266 g/mol. The molecule has 0 spiro atoms. The van der Waals surface area contributed by atoms with Gasteiger partial charge in [-0.05, 0) is 25.8 Å². The third-order valence-electron chi connectivity index (χ3n) is 3.19. The standard InChI is InChI=1S/C12H19N3O3S/c1-3-14-11-4-5-13-8-12(11)19(16,17)15-9-6-10(7-9)18-2/h4-5,8-10,15H,3,6-7H2,1-2H3,(H,13,14). The zero-order valence-electron chi connectivity index (χ0n) is 11.1. The van der Waals surface area contributed by atoms with E-state index in [2.05, 4.69) is 15.0 Å². The molecule has 0 saturated heterocycles. The number of rotatable bonds is 6. The predicted molar refractivity (Wildman–Crippen MR) is 72.5 cm³/mol. The maximum atomic E-state index is 12.3. The van der Waals surface area contributed by atoms with Crippen molar-refractivity contribution in [3.05, 3.63) is 18.5 Å². The van der Waals surface area contributed by atoms with Crippen LogP contribution in [0.5, 0.6) is 0 Å². The van der Waals surface area contributed by atoms with E-state index >= 15 is 0 Å². The number of hydrogen-bond donors (Lipinski definition) is 2. The maximum Gasteiger partial charge on any atom is 0.244 e. The van der Waals surface area contributed by atoms with Crippen molar-refractivity contribution in [1.82, 2.24) is 9.71 Å². The lowest BCUT2D eigenvalue weighted by Crippen LogP contribution is -2.47. The van der Waals surface area contributed by atoms with Gasteiger partial charge in [0, 0.05) is 32.1 Å². The molecule has 1 aliphatic carbocycles. The van der Waals surface area contributed by atoms with Crippen LogP contribution in [0.4, 0.5) is 5.69 Å². The molecule has 0 radical (unpaired) electrons. The van der Waals surface area contributed by atoms with Crippen molar-refractivity contribution in [3.8, 4) is 0 Å². The highest BCUT2D eigenvalue weighted by Gasteiger charge is 2.33. The first-order valence-electron chi connectivity index (χ1n) is 6.29. The molecule has 19 heavy (non-hydrogen) atoms. The van der Waals surface area contributed by atoms with Crippen LogP contribution in [0.3, 0.4) is 0 Å². The summed E-state index contributed by atoms with van der Waals surface area (Å²) in [4.78, 5) is 4.08. The molecule has 2 rings (SSSR count). The Balaban J connectivity index is 2.11. The van der Waals surface area contributed by atoms with Gasteiger partial charge in [-0.3, -0.25) is 4.98 Å². The van der Waals surface area contributed by atoms with Crippen molar-refractivity contribution in [2.45, 2.75) is 36.8 Å². The molecule has 1 heterocycles. The quantitative estimate of drug-likeness (QED) is 0.814. The third-order valence-corrected chi connectivity index (χ3v) is 4.74. The van der Waals surface area contributed by atoms with Crippen LogP contribution in [0.2, 0.25) is 0 Å². The number of sulfonamides is 1. The van der Waals surface area contributed by atoms with Gasteiger partial charge < -0.3 is 10.1 Å². The van der Waals surface area contributed by atoms with Crippen molar-refractivity contribution >= 4 is 15.7 Å². The third kappa shape index (κ3) is 3.23. The van der Waals surface area contributed by atoms with Gasteiger partial charge in [0.05, 0.1) is 11.8 Å². The lowest BCUT2D eigenvalue weighted by Gasteiger charge is -2.34. The maximum absolute atomic E-state index is 12.3. The van der Waals surface area contributed by atoms with E-state index in [-0.39, 0.29) is 17.0 Å². The number of aromatic nitrogens is 1. The van der Waals surface area contributed by atoms with Crippen LogP contribution in [0.25, 0.3) is 0 Å². The van der Waals surface area contributed by atoms with Gasteiger partial charge in [0.25, 0.3) is 0 Å². The zero-order chi connectivity index (χ0) is 13.9. The van der Waals surface area contributed by atoms with E-state index in [4.69, 9.17) is 4.74 Å². The van der Waals surface area contributed by atoms with Gasteiger partial charge in [0.2, 0.25) is 10.0 Å². The van der Waals surface area contributed by atoms with Gasteiger partial charge in [-0.2, -0.15) is 0 Å². The summed E-state index contributed by atoms with van der Waals surface area (Å²) in [7, 11) is -1.90. The molecule has 0 atom stereocenters. The Labute approximate surface area is 113 Å². The van der Waals surface area contributed by atoms with Crippen molar-refractivity contribution in [3.63, 3.8) is 0 Å². The lowest BCUT2D eigenvalue weighted by atomic mass is 9.90. The Morgan fingerprint density at radius 1 is 1.47 bits per heavy atom. The average molecular weight is 285 g/mol. The number of methoxy groups -OCH3 is 1. The number of nitrogens with one attached hydrogen (secondary N) is 2. The summed E-state index contributed by atoms with van der Waals surface area (Å²) < 4.78 is 32.4. The van der Waals surface area contributed by atoms with Gasteiger partial charge in [0.15, 0.2) is 0 Å². The van der Waals surface area contributed by atoms with E-state index in [0.29, 0.717) is 25.1 Å². The van der Waals surface area contributed by atoms with E-state index in [0.717, 1.165) is 0 Å². The highest BCUT2D eigenvalue weighted by molar-refractivity contribution is 7.89. The van der Waals surface area contributed by atoms with Crippen LogP contribution >= 0.6 is 0 Å². The lowest BCUT2D eigenvalue weighted by molar-refractivity contribution is 0.0236. The Morgan fingerprint density at radius 2 is 2.21 bits per heavy atom. The second-order valence-corrected chi connectivity index (χ2v) is 6.23. The summed E-state index contributed by atoms with van der Waals surface area (Å²) in [6, 6.07) is 1.61. The predicted octanol–water partition coefficient (Wildman–Crippen LogP) is 0.969. The van der Waals surface area contributed by atoms with Gasteiger partial charge in [-0.1, -0.05) is 0 Å². The molecule has 1 fully saturated rings. The molecular formula is C12H19N3O3S. The summed E-state index contributed by atoms with van der Waals surface area (Å²) in [6.07, 6.45) is 4.53. The van der Waals surface area contributed by atoms with Gasteiger partial charge in [-0.15, -0.1) is 0 Å². The first-order valence-corrected chi connectivity index (χ1v) is 7.78. The Morgan fingerprint density at radius 3 is 2.84 bits per heavy atom.